The van der Waals surface area contributed by atoms with Crippen LogP contribution in [0.15, 0.2) is 36.4 Å². The number of benzene rings is 2. The number of ether oxygens (including phenoxy) is 1. The summed E-state index contributed by atoms with van der Waals surface area (Å²) in [6, 6.07) is 12.9. The highest BCUT2D eigenvalue weighted by molar-refractivity contribution is 6.00. The molecule has 6 heterocycles. The van der Waals surface area contributed by atoms with Crippen molar-refractivity contribution in [3.8, 4) is 24.0 Å². The Morgan fingerprint density at radius 1 is 1.05 bits per heavy atom. The highest BCUT2D eigenvalue weighted by Gasteiger charge is 2.45. The molecular weight excluding hydrogens is 510 g/mol. The Labute approximate surface area is 242 Å². The second kappa shape index (κ2) is 9.82. The number of rotatable bonds is 5. The Hall–Kier alpha value is -3.47. The minimum atomic E-state index is 0.185. The second-order valence-corrected chi connectivity index (χ2v) is 12.9. The van der Waals surface area contributed by atoms with E-state index in [0.29, 0.717) is 12.1 Å². The normalized spacial score (nSPS) is 24.9. The van der Waals surface area contributed by atoms with Gasteiger partial charge in [-0.1, -0.05) is 18.1 Å². The van der Waals surface area contributed by atoms with Crippen LogP contribution < -0.4 is 19.9 Å². The van der Waals surface area contributed by atoms with Gasteiger partial charge < -0.3 is 25.0 Å². The van der Waals surface area contributed by atoms with E-state index >= 15 is 0 Å². The standard InChI is InChI=1S/C34H39N5O2/c1-2-23-6-3-7-24-16-28(40)18-30(32(23)24)37-15-10-29-25(19-37)17-31(41-22-34-11-4-13-39(34)14-5-12-34)36-33(29)38-20-26-8-9-27(21-38)35-26/h1,3,6-7,16-18,26-27,35,40H,4-5,8-15,19-22H2. The number of phenolic OH excluding ortho intramolecular Hbond substituents is 1. The lowest BCUT2D eigenvalue weighted by molar-refractivity contribution is 0.111. The van der Waals surface area contributed by atoms with E-state index < -0.39 is 0 Å². The van der Waals surface area contributed by atoms with E-state index in [1.54, 1.807) is 6.07 Å². The fourth-order valence-corrected chi connectivity index (χ4v) is 8.47. The van der Waals surface area contributed by atoms with E-state index in [4.69, 9.17) is 16.1 Å². The average molecular weight is 550 g/mol. The molecule has 2 aromatic carbocycles. The Kier molecular flexibility index (Phi) is 6.05. The highest BCUT2D eigenvalue weighted by Crippen LogP contribution is 2.41. The Morgan fingerprint density at radius 3 is 2.63 bits per heavy atom. The summed E-state index contributed by atoms with van der Waals surface area (Å²) in [7, 11) is 0. The van der Waals surface area contributed by atoms with Gasteiger partial charge in [-0.2, -0.15) is 4.98 Å². The molecule has 212 valence electrons. The fraction of sp³-hybridized carbons (Fsp3) is 0.500. The predicted octanol–water partition coefficient (Wildman–Crippen LogP) is 4.43. The van der Waals surface area contributed by atoms with E-state index in [0.717, 1.165) is 72.9 Å². The van der Waals surface area contributed by atoms with Crippen molar-refractivity contribution >= 4 is 22.3 Å². The number of hydrogen-bond donors (Lipinski definition) is 2. The number of fused-ring (bicyclic) bond motifs is 5. The van der Waals surface area contributed by atoms with Gasteiger partial charge in [0.1, 0.15) is 18.2 Å². The molecule has 2 bridgehead atoms. The number of aromatic hydroxyl groups is 1. The van der Waals surface area contributed by atoms with Gasteiger partial charge in [0.2, 0.25) is 5.88 Å². The van der Waals surface area contributed by atoms with Crippen molar-refractivity contribution in [3.63, 3.8) is 0 Å². The van der Waals surface area contributed by atoms with Crippen LogP contribution in [0.25, 0.3) is 10.8 Å². The second-order valence-electron chi connectivity index (χ2n) is 12.9. The molecule has 5 aliphatic heterocycles. The molecule has 4 fully saturated rings. The van der Waals surface area contributed by atoms with E-state index in [9.17, 15) is 5.11 Å². The molecule has 5 aliphatic rings. The zero-order chi connectivity index (χ0) is 27.6. The van der Waals surface area contributed by atoms with E-state index in [1.807, 2.05) is 24.3 Å². The van der Waals surface area contributed by atoms with Crippen molar-refractivity contribution < 1.29 is 9.84 Å². The third-order valence-corrected chi connectivity index (χ3v) is 10.4. The van der Waals surface area contributed by atoms with Gasteiger partial charge in [0.15, 0.2) is 0 Å². The van der Waals surface area contributed by atoms with Crippen LogP contribution >= 0.6 is 0 Å². The van der Waals surface area contributed by atoms with Crippen molar-refractivity contribution in [1.82, 2.24) is 15.2 Å². The molecule has 41 heavy (non-hydrogen) atoms. The first-order valence-corrected chi connectivity index (χ1v) is 15.5. The number of nitrogens with zero attached hydrogens (tertiary/aromatic N) is 4. The summed E-state index contributed by atoms with van der Waals surface area (Å²) >= 11 is 0. The van der Waals surface area contributed by atoms with Gasteiger partial charge in [0, 0.05) is 72.6 Å². The molecule has 0 spiro atoms. The summed E-state index contributed by atoms with van der Waals surface area (Å²) in [5.74, 6) is 5.01. The first-order valence-electron chi connectivity index (χ1n) is 15.5. The highest BCUT2D eigenvalue weighted by atomic mass is 16.5. The summed E-state index contributed by atoms with van der Waals surface area (Å²) < 4.78 is 6.65. The van der Waals surface area contributed by atoms with Crippen molar-refractivity contribution in [2.75, 3.05) is 49.1 Å². The topological polar surface area (TPSA) is 64.1 Å². The van der Waals surface area contributed by atoms with Crippen LogP contribution in [-0.4, -0.2) is 71.9 Å². The van der Waals surface area contributed by atoms with Crippen LogP contribution in [-0.2, 0) is 13.0 Å². The van der Waals surface area contributed by atoms with Crippen molar-refractivity contribution in [1.29, 1.82) is 0 Å². The number of piperazine rings is 1. The van der Waals surface area contributed by atoms with E-state index in [1.165, 1.54) is 62.7 Å². The maximum absolute atomic E-state index is 10.6. The molecular formula is C34H39N5O2. The zero-order valence-corrected chi connectivity index (χ0v) is 23.7. The first-order chi connectivity index (χ1) is 20.1. The third kappa shape index (κ3) is 4.31. The summed E-state index contributed by atoms with van der Waals surface area (Å²) in [6.07, 6.45) is 14.3. The largest absolute Gasteiger partial charge is 0.508 e. The first kappa shape index (κ1) is 25.3. The number of phenols is 1. The molecule has 7 nitrogen and oxygen atoms in total. The van der Waals surface area contributed by atoms with Crippen LogP contribution in [0.2, 0.25) is 0 Å². The van der Waals surface area contributed by atoms with Crippen LogP contribution in [0.3, 0.4) is 0 Å². The molecule has 0 saturated carbocycles. The van der Waals surface area contributed by atoms with E-state index in [2.05, 4.69) is 32.0 Å². The van der Waals surface area contributed by atoms with Crippen LogP contribution in [0.1, 0.15) is 55.2 Å². The molecule has 8 rings (SSSR count). The number of anilines is 2. The van der Waals surface area contributed by atoms with Gasteiger partial charge in [-0.3, -0.25) is 4.90 Å². The lowest BCUT2D eigenvalue weighted by Crippen LogP contribution is -2.52. The Bertz CT molecular complexity index is 1520. The molecule has 0 aliphatic carbocycles. The summed E-state index contributed by atoms with van der Waals surface area (Å²) in [4.78, 5) is 12.8. The van der Waals surface area contributed by atoms with Gasteiger partial charge in [-0.15, -0.1) is 6.42 Å². The number of nitrogens with one attached hydrogen (secondary N) is 1. The number of aromatic nitrogens is 1. The maximum atomic E-state index is 10.6. The quantitative estimate of drug-likeness (QED) is 0.457. The molecule has 0 amide bonds. The van der Waals surface area contributed by atoms with Gasteiger partial charge in [0.25, 0.3) is 0 Å². The molecule has 2 unspecified atom stereocenters. The molecule has 0 radical (unpaired) electrons. The molecule has 1 aromatic heterocycles. The smallest absolute Gasteiger partial charge is 0.215 e. The van der Waals surface area contributed by atoms with Crippen molar-refractivity contribution in [2.24, 2.45) is 0 Å². The summed E-state index contributed by atoms with van der Waals surface area (Å²) in [6.45, 7) is 6.69. The van der Waals surface area contributed by atoms with Gasteiger partial charge in [0.05, 0.1) is 5.54 Å². The Balaban J connectivity index is 1.16. The SMILES string of the molecule is C#Cc1cccc2cc(O)cc(N3CCc4c(cc(OCC56CCCN5CCC6)nc4N4CC5CCC(C4)N5)C3)c12. The minimum absolute atomic E-state index is 0.185. The van der Waals surface area contributed by atoms with E-state index in [-0.39, 0.29) is 11.3 Å². The predicted molar refractivity (Wildman–Crippen MR) is 163 cm³/mol. The molecule has 4 saturated heterocycles. The lowest BCUT2D eigenvalue weighted by atomic mass is 9.95. The number of hydrogen-bond acceptors (Lipinski definition) is 7. The number of pyridine rings is 1. The zero-order valence-electron chi connectivity index (χ0n) is 23.7. The van der Waals surface area contributed by atoms with Crippen LogP contribution in [0, 0.1) is 12.3 Å². The molecule has 2 N–H and O–H groups in total. The van der Waals surface area contributed by atoms with Crippen LogP contribution in [0.4, 0.5) is 11.5 Å². The molecule has 3 aromatic rings. The van der Waals surface area contributed by atoms with Gasteiger partial charge in [-0.05, 0) is 81.1 Å². The van der Waals surface area contributed by atoms with Crippen LogP contribution in [0.5, 0.6) is 11.6 Å². The summed E-state index contributed by atoms with van der Waals surface area (Å²) in [5.41, 5.74) is 4.65. The van der Waals surface area contributed by atoms with Gasteiger partial charge in [-0.25, -0.2) is 0 Å². The third-order valence-electron chi connectivity index (χ3n) is 10.4. The lowest BCUT2D eigenvalue weighted by Gasteiger charge is -2.38. The fourth-order valence-electron chi connectivity index (χ4n) is 8.47. The maximum Gasteiger partial charge on any atom is 0.215 e. The average Bonchev–Trinajstić information content (AvgIpc) is 3.68. The minimum Gasteiger partial charge on any atom is -0.508 e. The van der Waals surface area contributed by atoms with Crippen molar-refractivity contribution in [3.05, 3.63) is 53.1 Å². The summed E-state index contributed by atoms with van der Waals surface area (Å²) in [5, 5.41) is 16.4. The number of terminal acetylenes is 1. The monoisotopic (exact) mass is 549 g/mol. The van der Waals surface area contributed by atoms with Gasteiger partial charge >= 0.3 is 0 Å². The molecule has 7 heteroatoms. The molecule has 2 atom stereocenters. The van der Waals surface area contributed by atoms with Crippen molar-refractivity contribution in [2.45, 2.75) is 69.1 Å². The Morgan fingerprint density at radius 2 is 1.85 bits per heavy atom.